The second-order valence-corrected chi connectivity index (χ2v) is 6.46. The van der Waals surface area contributed by atoms with Crippen LogP contribution in [0.1, 0.15) is 5.56 Å². The Kier molecular flexibility index (Phi) is 4.38. The number of benzene rings is 3. The van der Waals surface area contributed by atoms with E-state index in [-0.39, 0.29) is 12.5 Å². The number of para-hydroxylation sites is 2. The molecule has 6 nitrogen and oxygen atoms in total. The van der Waals surface area contributed by atoms with Gasteiger partial charge in [0.2, 0.25) is 0 Å². The molecular weight excluding hydrogens is 342 g/mol. The van der Waals surface area contributed by atoms with Crippen LogP contribution in [0.5, 0.6) is 0 Å². The van der Waals surface area contributed by atoms with Gasteiger partial charge in [0.1, 0.15) is 6.04 Å². The van der Waals surface area contributed by atoms with Crippen molar-refractivity contribution in [2.24, 2.45) is 0 Å². The molecule has 6 heteroatoms. The topological polar surface area (TPSA) is 81.7 Å². The highest BCUT2D eigenvalue weighted by Crippen LogP contribution is 2.31. The minimum Gasteiger partial charge on any atom is -0.465 e. The van der Waals surface area contributed by atoms with Gasteiger partial charge in [0.15, 0.2) is 0 Å². The van der Waals surface area contributed by atoms with Crippen LogP contribution in [0, 0.1) is 0 Å². The molecule has 1 atom stereocenters. The summed E-state index contributed by atoms with van der Waals surface area (Å²) in [5.41, 5.74) is 2.55. The van der Waals surface area contributed by atoms with Gasteiger partial charge in [-0.2, -0.15) is 0 Å². The molecule has 3 N–H and O–H groups in total. The van der Waals surface area contributed by atoms with E-state index in [4.69, 9.17) is 5.11 Å². The second kappa shape index (κ2) is 6.99. The lowest BCUT2D eigenvalue weighted by atomic mass is 10.0. The number of hydrogen-bond acceptors (Lipinski definition) is 3. The molecule has 4 rings (SSSR count). The first kappa shape index (κ1) is 16.9. The Morgan fingerprint density at radius 3 is 2.67 bits per heavy atom. The van der Waals surface area contributed by atoms with E-state index >= 15 is 0 Å². The van der Waals surface area contributed by atoms with Crippen molar-refractivity contribution in [3.63, 3.8) is 0 Å². The van der Waals surface area contributed by atoms with Gasteiger partial charge in [-0.05, 0) is 28.5 Å². The van der Waals surface area contributed by atoms with Gasteiger partial charge in [0.05, 0.1) is 17.9 Å². The second-order valence-electron chi connectivity index (χ2n) is 6.46. The average Bonchev–Trinajstić information content (AvgIpc) is 2.80. The quantitative estimate of drug-likeness (QED) is 0.667. The molecule has 0 spiro atoms. The molecule has 3 aromatic carbocycles. The van der Waals surface area contributed by atoms with E-state index in [1.165, 1.54) is 0 Å². The third-order valence-electron chi connectivity index (χ3n) is 4.76. The standard InChI is InChI=1S/C21H19N3O3/c25-20-18(23-21(26)27)12-22-17-10-3-4-11-19(17)24(20)13-15-8-5-7-14-6-1-2-9-16(14)15/h1-11,18,22-23H,12-13H2,(H,26,27). The number of carbonyl (C=O) groups is 2. The summed E-state index contributed by atoms with van der Waals surface area (Å²) in [6.45, 7) is 0.560. The monoisotopic (exact) mass is 361 g/mol. The van der Waals surface area contributed by atoms with Crippen molar-refractivity contribution in [3.05, 3.63) is 72.3 Å². The van der Waals surface area contributed by atoms with Crippen LogP contribution >= 0.6 is 0 Å². The summed E-state index contributed by atoms with van der Waals surface area (Å²) in [5, 5.41) is 16.8. The fourth-order valence-corrected chi connectivity index (χ4v) is 3.49. The molecule has 0 aliphatic carbocycles. The van der Waals surface area contributed by atoms with Crippen molar-refractivity contribution in [2.45, 2.75) is 12.6 Å². The molecule has 1 unspecified atom stereocenters. The van der Waals surface area contributed by atoms with Gasteiger partial charge < -0.3 is 20.6 Å². The molecule has 136 valence electrons. The van der Waals surface area contributed by atoms with E-state index in [9.17, 15) is 9.59 Å². The number of fused-ring (bicyclic) bond motifs is 2. The summed E-state index contributed by atoms with van der Waals surface area (Å²) in [7, 11) is 0. The number of rotatable bonds is 3. The molecule has 0 aromatic heterocycles. The molecule has 1 heterocycles. The molecule has 1 aliphatic heterocycles. The first-order valence-corrected chi connectivity index (χ1v) is 8.74. The third kappa shape index (κ3) is 3.29. The van der Waals surface area contributed by atoms with Crippen LogP contribution in [0.4, 0.5) is 16.2 Å². The predicted molar refractivity (Wildman–Crippen MR) is 105 cm³/mol. The van der Waals surface area contributed by atoms with Gasteiger partial charge in [-0.25, -0.2) is 4.79 Å². The summed E-state index contributed by atoms with van der Waals surface area (Å²) in [4.78, 5) is 25.9. The van der Waals surface area contributed by atoms with Crippen LogP contribution in [0.2, 0.25) is 0 Å². The number of hydrogen-bond donors (Lipinski definition) is 3. The van der Waals surface area contributed by atoms with Crippen molar-refractivity contribution in [1.82, 2.24) is 5.32 Å². The lowest BCUT2D eigenvalue weighted by molar-refractivity contribution is -0.120. The van der Waals surface area contributed by atoms with E-state index in [1.54, 1.807) is 4.90 Å². The van der Waals surface area contributed by atoms with E-state index in [2.05, 4.69) is 10.6 Å². The third-order valence-corrected chi connectivity index (χ3v) is 4.76. The Morgan fingerprint density at radius 2 is 1.81 bits per heavy atom. The zero-order valence-corrected chi connectivity index (χ0v) is 14.6. The molecule has 0 saturated heterocycles. The van der Waals surface area contributed by atoms with Crippen molar-refractivity contribution in [2.75, 3.05) is 16.8 Å². The predicted octanol–water partition coefficient (Wildman–Crippen LogP) is 3.43. The van der Waals surface area contributed by atoms with E-state index in [0.29, 0.717) is 6.54 Å². The molecule has 1 aliphatic rings. The highest BCUT2D eigenvalue weighted by atomic mass is 16.4. The molecular formula is C21H19N3O3. The Bertz CT molecular complexity index is 1010. The van der Waals surface area contributed by atoms with Crippen LogP contribution in [-0.2, 0) is 11.3 Å². The average molecular weight is 361 g/mol. The molecule has 2 amide bonds. The fourth-order valence-electron chi connectivity index (χ4n) is 3.49. The van der Waals surface area contributed by atoms with E-state index < -0.39 is 12.1 Å². The number of carboxylic acid groups (broad SMARTS) is 1. The van der Waals surface area contributed by atoms with Crippen LogP contribution in [-0.4, -0.2) is 29.7 Å². The fraction of sp³-hybridized carbons (Fsp3) is 0.143. The van der Waals surface area contributed by atoms with Crippen LogP contribution < -0.4 is 15.5 Å². The minimum absolute atomic E-state index is 0.203. The number of amides is 2. The zero-order valence-electron chi connectivity index (χ0n) is 14.6. The lowest BCUT2D eigenvalue weighted by Gasteiger charge is -2.25. The van der Waals surface area contributed by atoms with Crippen molar-refractivity contribution in [1.29, 1.82) is 0 Å². The molecule has 0 fully saturated rings. The Balaban J connectivity index is 1.77. The van der Waals surface area contributed by atoms with Crippen LogP contribution in [0.25, 0.3) is 10.8 Å². The Hall–Kier alpha value is -3.54. The summed E-state index contributed by atoms with van der Waals surface area (Å²) >= 11 is 0. The molecule has 3 aromatic rings. The maximum atomic E-state index is 13.1. The normalized spacial score (nSPS) is 16.4. The number of nitrogens with one attached hydrogen (secondary N) is 2. The van der Waals surface area contributed by atoms with Crippen molar-refractivity contribution < 1.29 is 14.7 Å². The highest BCUT2D eigenvalue weighted by molar-refractivity contribution is 6.03. The van der Waals surface area contributed by atoms with Crippen molar-refractivity contribution in [3.8, 4) is 0 Å². The van der Waals surface area contributed by atoms with Crippen molar-refractivity contribution >= 4 is 34.1 Å². The van der Waals surface area contributed by atoms with Crippen LogP contribution in [0.15, 0.2) is 66.7 Å². The Labute approximate surface area is 156 Å². The SMILES string of the molecule is O=C(O)NC1CNc2ccccc2N(Cc2cccc3ccccc23)C1=O. The van der Waals surface area contributed by atoms with Crippen LogP contribution in [0.3, 0.4) is 0 Å². The maximum absolute atomic E-state index is 13.1. The van der Waals surface area contributed by atoms with Gasteiger partial charge in [-0.15, -0.1) is 0 Å². The van der Waals surface area contributed by atoms with Gasteiger partial charge >= 0.3 is 6.09 Å². The molecule has 0 radical (unpaired) electrons. The van der Waals surface area contributed by atoms with Gasteiger partial charge in [-0.1, -0.05) is 54.6 Å². The number of nitrogens with zero attached hydrogens (tertiary/aromatic N) is 1. The number of carbonyl (C=O) groups excluding carboxylic acids is 1. The first-order chi connectivity index (χ1) is 13.1. The molecule has 0 saturated carbocycles. The summed E-state index contributed by atoms with van der Waals surface area (Å²) in [6.07, 6.45) is -1.22. The van der Waals surface area contributed by atoms with E-state index in [0.717, 1.165) is 27.7 Å². The summed E-state index contributed by atoms with van der Waals surface area (Å²) in [6, 6.07) is 20.7. The van der Waals surface area contributed by atoms with Gasteiger partial charge in [0.25, 0.3) is 5.91 Å². The largest absolute Gasteiger partial charge is 0.465 e. The smallest absolute Gasteiger partial charge is 0.405 e. The maximum Gasteiger partial charge on any atom is 0.405 e. The highest BCUT2D eigenvalue weighted by Gasteiger charge is 2.31. The molecule has 27 heavy (non-hydrogen) atoms. The molecule has 0 bridgehead atoms. The van der Waals surface area contributed by atoms with E-state index in [1.807, 2.05) is 66.7 Å². The Morgan fingerprint density at radius 1 is 1.07 bits per heavy atom. The lowest BCUT2D eigenvalue weighted by Crippen LogP contribution is -2.50. The van der Waals surface area contributed by atoms with Gasteiger partial charge in [0, 0.05) is 6.54 Å². The zero-order chi connectivity index (χ0) is 18.8. The first-order valence-electron chi connectivity index (χ1n) is 8.74. The number of anilines is 2. The summed E-state index contributed by atoms with van der Waals surface area (Å²) < 4.78 is 0. The van der Waals surface area contributed by atoms with Gasteiger partial charge in [-0.3, -0.25) is 4.79 Å². The minimum atomic E-state index is -1.22. The summed E-state index contributed by atoms with van der Waals surface area (Å²) in [5.74, 6) is -0.275.